The van der Waals surface area contributed by atoms with Gasteiger partial charge in [-0.2, -0.15) is 0 Å². The molecule has 2 aromatic rings. The number of carbonyl (C=O) groups is 2. The minimum atomic E-state index is -1.23. The highest BCUT2D eigenvalue weighted by Gasteiger charge is 2.25. The lowest BCUT2D eigenvalue weighted by Gasteiger charge is -2.22. The quantitative estimate of drug-likeness (QED) is 0.650. The van der Waals surface area contributed by atoms with Gasteiger partial charge in [0.1, 0.15) is 11.5 Å². The summed E-state index contributed by atoms with van der Waals surface area (Å²) in [6.45, 7) is 1.65. The smallest absolute Gasteiger partial charge is 0.309 e. The molecule has 0 aliphatic rings. The fourth-order valence-corrected chi connectivity index (χ4v) is 2.31. The highest BCUT2D eigenvalue weighted by Crippen LogP contribution is 2.16. The van der Waals surface area contributed by atoms with E-state index in [1.807, 2.05) is 12.1 Å². The van der Waals surface area contributed by atoms with Crippen molar-refractivity contribution in [1.82, 2.24) is 10.6 Å². The fourth-order valence-electron chi connectivity index (χ4n) is 2.31. The summed E-state index contributed by atoms with van der Waals surface area (Å²) in [5, 5.41) is 15.2. The molecule has 0 radical (unpaired) electrons. The Hall–Kier alpha value is -2.80. The number of hydrogen-bond donors (Lipinski definition) is 3. The van der Waals surface area contributed by atoms with Crippen LogP contribution in [0.25, 0.3) is 0 Å². The van der Waals surface area contributed by atoms with Crippen LogP contribution in [0, 0.1) is 0 Å². The molecule has 0 fully saturated rings. The van der Waals surface area contributed by atoms with Crippen LogP contribution in [0.3, 0.4) is 0 Å². The van der Waals surface area contributed by atoms with Crippen LogP contribution < -0.4 is 15.4 Å². The summed E-state index contributed by atoms with van der Waals surface area (Å²) in [5.74, 6) is -0.362. The molecule has 0 saturated carbocycles. The zero-order chi connectivity index (χ0) is 18.3. The highest BCUT2D eigenvalue weighted by atomic mass is 16.5. The standard InChI is InChI=1S/C18H22N2O5/c1-18(23,10-14-7-5-9-25-14)12-20-17(22)16(21)19-11-13-6-3-4-8-15(13)24-2/h3-9,23H,10-12H2,1-2H3,(H,19,21)(H,20,22). The van der Waals surface area contributed by atoms with Crippen LogP contribution in [0.15, 0.2) is 47.1 Å². The first kappa shape index (κ1) is 18.5. The fraction of sp³-hybridized carbons (Fsp3) is 0.333. The van der Waals surface area contributed by atoms with Gasteiger partial charge in [0, 0.05) is 25.1 Å². The number of carbonyl (C=O) groups excluding carboxylic acids is 2. The molecule has 1 atom stereocenters. The van der Waals surface area contributed by atoms with Crippen LogP contribution in [0.4, 0.5) is 0 Å². The van der Waals surface area contributed by atoms with Gasteiger partial charge in [0.05, 0.1) is 19.0 Å². The Morgan fingerprint density at radius 2 is 1.88 bits per heavy atom. The number of nitrogens with one attached hydrogen (secondary N) is 2. The van der Waals surface area contributed by atoms with Crippen molar-refractivity contribution in [2.24, 2.45) is 0 Å². The minimum Gasteiger partial charge on any atom is -0.496 e. The van der Waals surface area contributed by atoms with Crippen LogP contribution >= 0.6 is 0 Å². The number of ether oxygens (including phenoxy) is 1. The molecule has 0 aliphatic carbocycles. The SMILES string of the molecule is COc1ccccc1CNC(=O)C(=O)NCC(C)(O)Cc1ccco1. The number of methoxy groups -OCH3 is 1. The Bertz CT molecular complexity index is 710. The lowest BCUT2D eigenvalue weighted by Crippen LogP contribution is -2.47. The zero-order valence-corrected chi connectivity index (χ0v) is 14.2. The molecule has 0 saturated heterocycles. The molecule has 3 N–H and O–H groups in total. The number of aliphatic hydroxyl groups is 1. The molecule has 134 valence electrons. The Balaban J connectivity index is 1.81. The molecule has 0 spiro atoms. The van der Waals surface area contributed by atoms with E-state index in [1.165, 1.54) is 13.4 Å². The van der Waals surface area contributed by atoms with Crippen molar-refractivity contribution in [2.75, 3.05) is 13.7 Å². The molecule has 1 aromatic heterocycles. The zero-order valence-electron chi connectivity index (χ0n) is 14.2. The van der Waals surface area contributed by atoms with Gasteiger partial charge < -0.3 is 24.9 Å². The summed E-state index contributed by atoms with van der Waals surface area (Å²) >= 11 is 0. The number of furan rings is 1. The molecule has 7 nitrogen and oxygen atoms in total. The molecule has 25 heavy (non-hydrogen) atoms. The predicted molar refractivity (Wildman–Crippen MR) is 90.9 cm³/mol. The van der Waals surface area contributed by atoms with Gasteiger partial charge in [-0.25, -0.2) is 0 Å². The van der Waals surface area contributed by atoms with Crippen molar-refractivity contribution in [3.63, 3.8) is 0 Å². The van der Waals surface area contributed by atoms with Crippen molar-refractivity contribution < 1.29 is 23.8 Å². The van der Waals surface area contributed by atoms with Crippen molar-refractivity contribution in [2.45, 2.75) is 25.5 Å². The average molecular weight is 346 g/mol. The molecule has 1 heterocycles. The molecule has 0 bridgehead atoms. The maximum absolute atomic E-state index is 11.9. The van der Waals surface area contributed by atoms with E-state index in [1.54, 1.807) is 31.2 Å². The third-order valence-electron chi connectivity index (χ3n) is 3.60. The van der Waals surface area contributed by atoms with Crippen LogP contribution in [0.5, 0.6) is 5.75 Å². The van der Waals surface area contributed by atoms with Crippen LogP contribution in [0.2, 0.25) is 0 Å². The first-order valence-corrected chi connectivity index (χ1v) is 7.84. The van der Waals surface area contributed by atoms with Gasteiger partial charge in [-0.3, -0.25) is 9.59 Å². The van der Waals surface area contributed by atoms with Crippen molar-refractivity contribution in [3.05, 3.63) is 54.0 Å². The normalized spacial score (nSPS) is 12.9. The number of para-hydroxylation sites is 1. The average Bonchev–Trinajstić information content (AvgIpc) is 3.10. The number of benzene rings is 1. The number of rotatable bonds is 7. The topological polar surface area (TPSA) is 101 Å². The molecular formula is C18H22N2O5. The molecule has 0 aliphatic heterocycles. The van der Waals surface area contributed by atoms with Gasteiger partial charge in [-0.05, 0) is 25.1 Å². The lowest BCUT2D eigenvalue weighted by molar-refractivity contribution is -0.139. The first-order valence-electron chi connectivity index (χ1n) is 7.84. The van der Waals surface area contributed by atoms with Crippen molar-refractivity contribution in [3.8, 4) is 5.75 Å². The maximum atomic E-state index is 11.9. The van der Waals surface area contributed by atoms with Gasteiger partial charge in [0.15, 0.2) is 0 Å². The van der Waals surface area contributed by atoms with Gasteiger partial charge >= 0.3 is 11.8 Å². The maximum Gasteiger partial charge on any atom is 0.309 e. The van der Waals surface area contributed by atoms with E-state index in [9.17, 15) is 14.7 Å². The predicted octanol–water partition coefficient (Wildman–Crippen LogP) is 1.01. The second-order valence-corrected chi connectivity index (χ2v) is 5.93. The van der Waals surface area contributed by atoms with Crippen molar-refractivity contribution in [1.29, 1.82) is 0 Å². The highest BCUT2D eigenvalue weighted by molar-refractivity contribution is 6.35. The van der Waals surface area contributed by atoms with Crippen LogP contribution in [-0.4, -0.2) is 36.2 Å². The Labute approximate surface area is 146 Å². The molecule has 2 rings (SSSR count). The summed E-state index contributed by atoms with van der Waals surface area (Å²) in [6, 6.07) is 10.7. The van der Waals surface area contributed by atoms with E-state index in [-0.39, 0.29) is 19.5 Å². The Morgan fingerprint density at radius 3 is 2.56 bits per heavy atom. The lowest BCUT2D eigenvalue weighted by atomic mass is 10.0. The van der Waals surface area contributed by atoms with Crippen LogP contribution in [-0.2, 0) is 22.6 Å². The van der Waals surface area contributed by atoms with Gasteiger partial charge in [-0.1, -0.05) is 18.2 Å². The monoisotopic (exact) mass is 346 g/mol. The third-order valence-corrected chi connectivity index (χ3v) is 3.60. The van der Waals surface area contributed by atoms with E-state index >= 15 is 0 Å². The number of amides is 2. The minimum absolute atomic E-state index is 0.0748. The molecule has 2 amide bonds. The molecule has 1 aromatic carbocycles. The summed E-state index contributed by atoms with van der Waals surface area (Å²) in [4.78, 5) is 23.8. The Morgan fingerprint density at radius 1 is 1.16 bits per heavy atom. The summed E-state index contributed by atoms with van der Waals surface area (Å²) in [7, 11) is 1.54. The summed E-state index contributed by atoms with van der Waals surface area (Å²) in [6.07, 6.45) is 1.73. The molecule has 7 heteroatoms. The number of hydrogen-bond acceptors (Lipinski definition) is 5. The summed E-state index contributed by atoms with van der Waals surface area (Å²) < 4.78 is 10.4. The first-order chi connectivity index (χ1) is 11.9. The Kier molecular flexibility index (Phi) is 6.19. The van der Waals surface area contributed by atoms with Gasteiger partial charge in [-0.15, -0.1) is 0 Å². The van der Waals surface area contributed by atoms with Crippen molar-refractivity contribution >= 4 is 11.8 Å². The molecular weight excluding hydrogens is 324 g/mol. The van der Waals surface area contributed by atoms with E-state index in [0.29, 0.717) is 11.5 Å². The van der Waals surface area contributed by atoms with Gasteiger partial charge in [0.2, 0.25) is 0 Å². The van der Waals surface area contributed by atoms with E-state index < -0.39 is 17.4 Å². The van der Waals surface area contributed by atoms with E-state index in [0.717, 1.165) is 5.56 Å². The summed E-state index contributed by atoms with van der Waals surface area (Å²) in [5.41, 5.74) is -0.466. The largest absolute Gasteiger partial charge is 0.496 e. The van der Waals surface area contributed by atoms with Crippen LogP contribution in [0.1, 0.15) is 18.2 Å². The van der Waals surface area contributed by atoms with Gasteiger partial charge in [0.25, 0.3) is 0 Å². The van der Waals surface area contributed by atoms with E-state index in [2.05, 4.69) is 10.6 Å². The third kappa shape index (κ3) is 5.65. The van der Waals surface area contributed by atoms with E-state index in [4.69, 9.17) is 9.15 Å². The second-order valence-electron chi connectivity index (χ2n) is 5.93. The second kappa shape index (κ2) is 8.34. The molecule has 1 unspecified atom stereocenters.